The van der Waals surface area contributed by atoms with Gasteiger partial charge in [0.25, 0.3) is 5.91 Å². The number of nitrogens with zero attached hydrogens (tertiary/aromatic N) is 2. The predicted octanol–water partition coefficient (Wildman–Crippen LogP) is 1.29. The normalized spacial score (nSPS) is 17.8. The second kappa shape index (κ2) is 3.68. The first-order valence-corrected chi connectivity index (χ1v) is 6.43. The third kappa shape index (κ3) is 1.45. The molecule has 2 aromatic rings. The van der Waals surface area contributed by atoms with E-state index < -0.39 is 0 Å². The summed E-state index contributed by atoms with van der Waals surface area (Å²) in [5.41, 5.74) is 10.8. The number of carbonyl (C=O) groups excluding carboxylic acids is 1. The second-order valence-electron chi connectivity index (χ2n) is 5.18. The van der Waals surface area contributed by atoms with Gasteiger partial charge in [0.15, 0.2) is 0 Å². The van der Waals surface area contributed by atoms with Crippen molar-refractivity contribution in [2.24, 2.45) is 0 Å². The first kappa shape index (κ1) is 10.8. The maximum Gasteiger partial charge on any atom is 0.270 e. The van der Waals surface area contributed by atoms with Crippen molar-refractivity contribution in [3.05, 3.63) is 35.0 Å². The molecule has 1 amide bonds. The summed E-state index contributed by atoms with van der Waals surface area (Å²) in [7, 11) is 2.10. The van der Waals surface area contributed by atoms with Gasteiger partial charge in [0.05, 0.1) is 22.5 Å². The van der Waals surface area contributed by atoms with Gasteiger partial charge >= 0.3 is 0 Å². The van der Waals surface area contributed by atoms with Crippen molar-refractivity contribution in [3.63, 3.8) is 0 Å². The molecule has 0 saturated heterocycles. The lowest BCUT2D eigenvalue weighted by molar-refractivity contribution is 0.0962. The fourth-order valence-electron chi connectivity index (χ4n) is 2.96. The quantitative estimate of drug-likeness (QED) is 0.744. The lowest BCUT2D eigenvalue weighted by Gasteiger charge is -2.29. The van der Waals surface area contributed by atoms with E-state index in [2.05, 4.69) is 22.8 Å². The van der Waals surface area contributed by atoms with Crippen LogP contribution in [0.5, 0.6) is 0 Å². The van der Waals surface area contributed by atoms with Gasteiger partial charge in [-0.3, -0.25) is 20.6 Å². The van der Waals surface area contributed by atoms with Crippen LogP contribution in [0.25, 0.3) is 10.9 Å². The van der Waals surface area contributed by atoms with E-state index >= 15 is 0 Å². The number of hydrazine groups is 1. The van der Waals surface area contributed by atoms with Crippen LogP contribution < -0.4 is 10.9 Å². The van der Waals surface area contributed by atoms with E-state index in [0.29, 0.717) is 5.56 Å². The average Bonchev–Trinajstić information content (AvgIpc) is 2.41. The minimum absolute atomic E-state index is 0.0900. The van der Waals surface area contributed by atoms with Gasteiger partial charge in [-0.25, -0.2) is 0 Å². The minimum atomic E-state index is -0.0900. The summed E-state index contributed by atoms with van der Waals surface area (Å²) in [6, 6.07) is 5.71. The molecule has 5 heteroatoms. The Morgan fingerprint density at radius 2 is 2.21 bits per heavy atom. The van der Waals surface area contributed by atoms with Crippen LogP contribution in [-0.2, 0) is 13.0 Å². The van der Waals surface area contributed by atoms with E-state index in [4.69, 9.17) is 4.98 Å². The molecule has 0 bridgehead atoms. The number of likely N-dealkylation sites (N-methyl/N-ethyl adjacent to an activating group) is 1. The van der Waals surface area contributed by atoms with Gasteiger partial charge in [0.2, 0.25) is 0 Å². The Morgan fingerprint density at radius 3 is 3.11 bits per heavy atom. The molecule has 2 N–H and O–H groups in total. The molecule has 2 aliphatic heterocycles. The third-order valence-electron chi connectivity index (χ3n) is 3.91. The molecule has 4 rings (SSSR count). The topological polar surface area (TPSA) is 57.3 Å². The van der Waals surface area contributed by atoms with Gasteiger partial charge in [-0.2, -0.15) is 0 Å². The van der Waals surface area contributed by atoms with Crippen LogP contribution in [0, 0.1) is 0 Å². The summed E-state index contributed by atoms with van der Waals surface area (Å²) in [5.74, 6) is -0.0900. The average molecular weight is 254 g/mol. The SMILES string of the molecule is CN1CCc2c(nc3cccc4c3c2NNC4=O)C1. The van der Waals surface area contributed by atoms with Crippen LogP contribution in [0.3, 0.4) is 0 Å². The minimum Gasteiger partial charge on any atom is -0.300 e. The number of amides is 1. The van der Waals surface area contributed by atoms with Crippen molar-refractivity contribution in [3.8, 4) is 0 Å². The maximum absolute atomic E-state index is 11.9. The number of benzene rings is 1. The molecule has 2 aliphatic rings. The van der Waals surface area contributed by atoms with Crippen LogP contribution in [0.15, 0.2) is 18.2 Å². The molecule has 1 aromatic heterocycles. The molecule has 0 fully saturated rings. The van der Waals surface area contributed by atoms with E-state index in [1.165, 1.54) is 5.56 Å². The van der Waals surface area contributed by atoms with Crippen LogP contribution >= 0.6 is 0 Å². The largest absolute Gasteiger partial charge is 0.300 e. The molecular weight excluding hydrogens is 240 g/mol. The highest BCUT2D eigenvalue weighted by Crippen LogP contribution is 2.35. The van der Waals surface area contributed by atoms with E-state index in [9.17, 15) is 4.79 Å². The lowest BCUT2D eigenvalue weighted by Crippen LogP contribution is -2.36. The highest BCUT2D eigenvalue weighted by Gasteiger charge is 2.26. The Kier molecular flexibility index (Phi) is 2.08. The molecule has 0 spiro atoms. The molecule has 5 nitrogen and oxygen atoms in total. The summed E-state index contributed by atoms with van der Waals surface area (Å²) in [5, 5.41) is 0.953. The van der Waals surface area contributed by atoms with Crippen LogP contribution in [-0.4, -0.2) is 29.4 Å². The van der Waals surface area contributed by atoms with E-state index in [1.807, 2.05) is 18.2 Å². The van der Waals surface area contributed by atoms with Gasteiger partial charge in [0.1, 0.15) is 0 Å². The zero-order chi connectivity index (χ0) is 13.0. The zero-order valence-electron chi connectivity index (χ0n) is 10.7. The number of aromatic nitrogens is 1. The number of hydrogen-bond acceptors (Lipinski definition) is 4. The molecule has 3 heterocycles. The summed E-state index contributed by atoms with van der Waals surface area (Å²) < 4.78 is 0. The van der Waals surface area contributed by atoms with Gasteiger partial charge in [-0.05, 0) is 25.6 Å². The molecule has 0 unspecified atom stereocenters. The Morgan fingerprint density at radius 1 is 1.32 bits per heavy atom. The Balaban J connectivity index is 2.08. The summed E-state index contributed by atoms with van der Waals surface area (Å²) in [6.45, 7) is 1.88. The Hall–Kier alpha value is -2.14. The molecule has 0 saturated carbocycles. The Bertz CT molecular complexity index is 710. The van der Waals surface area contributed by atoms with E-state index in [1.54, 1.807) is 0 Å². The fourth-order valence-corrected chi connectivity index (χ4v) is 2.96. The van der Waals surface area contributed by atoms with Crippen molar-refractivity contribution < 1.29 is 4.79 Å². The van der Waals surface area contributed by atoms with Gasteiger partial charge < -0.3 is 4.90 Å². The lowest BCUT2D eigenvalue weighted by atomic mass is 9.96. The number of rotatable bonds is 0. The molecule has 1 aromatic carbocycles. The van der Waals surface area contributed by atoms with Crippen molar-refractivity contribution in [1.82, 2.24) is 15.3 Å². The number of pyridine rings is 1. The number of carbonyl (C=O) groups is 1. The first-order valence-electron chi connectivity index (χ1n) is 6.43. The second-order valence-corrected chi connectivity index (χ2v) is 5.18. The van der Waals surface area contributed by atoms with Crippen LogP contribution in [0.2, 0.25) is 0 Å². The summed E-state index contributed by atoms with van der Waals surface area (Å²) >= 11 is 0. The highest BCUT2D eigenvalue weighted by atomic mass is 16.2. The van der Waals surface area contributed by atoms with Crippen molar-refractivity contribution in [1.29, 1.82) is 0 Å². The molecular formula is C14H14N4O. The molecule has 0 atom stereocenters. The number of fused-ring (bicyclic) bond motifs is 2. The predicted molar refractivity (Wildman–Crippen MR) is 72.9 cm³/mol. The monoisotopic (exact) mass is 254 g/mol. The van der Waals surface area contributed by atoms with E-state index in [0.717, 1.165) is 41.8 Å². The molecule has 0 radical (unpaired) electrons. The summed E-state index contributed by atoms with van der Waals surface area (Å²) in [4.78, 5) is 18.9. The fraction of sp³-hybridized carbons (Fsp3) is 0.286. The van der Waals surface area contributed by atoms with Crippen molar-refractivity contribution in [2.75, 3.05) is 19.0 Å². The maximum atomic E-state index is 11.9. The smallest absolute Gasteiger partial charge is 0.270 e. The van der Waals surface area contributed by atoms with Crippen LogP contribution in [0.4, 0.5) is 5.69 Å². The Labute approximate surface area is 110 Å². The van der Waals surface area contributed by atoms with E-state index in [-0.39, 0.29) is 5.91 Å². The first-order chi connectivity index (χ1) is 9.24. The summed E-state index contributed by atoms with van der Waals surface area (Å²) in [6.07, 6.45) is 0.960. The molecule has 0 aliphatic carbocycles. The van der Waals surface area contributed by atoms with Gasteiger partial charge in [-0.15, -0.1) is 0 Å². The molecule has 19 heavy (non-hydrogen) atoms. The number of hydrogen-bond donors (Lipinski definition) is 2. The van der Waals surface area contributed by atoms with Crippen LogP contribution in [0.1, 0.15) is 21.6 Å². The van der Waals surface area contributed by atoms with Gasteiger partial charge in [-0.1, -0.05) is 6.07 Å². The number of anilines is 1. The van der Waals surface area contributed by atoms with Gasteiger partial charge in [0, 0.05) is 24.0 Å². The standard InChI is InChI=1S/C14H14N4O/c1-18-6-5-8-11(7-18)15-10-4-2-3-9-12(10)13(8)16-17-14(9)19/h2-4,16H,5-7H2,1H3,(H,17,19). The van der Waals surface area contributed by atoms with Crippen molar-refractivity contribution in [2.45, 2.75) is 13.0 Å². The third-order valence-corrected chi connectivity index (χ3v) is 3.91. The number of nitrogens with one attached hydrogen (secondary N) is 2. The van der Waals surface area contributed by atoms with Crippen molar-refractivity contribution >= 4 is 22.5 Å². The zero-order valence-corrected chi connectivity index (χ0v) is 10.7. The molecule has 96 valence electrons. The highest BCUT2D eigenvalue weighted by molar-refractivity contribution is 6.14.